The van der Waals surface area contributed by atoms with Crippen molar-refractivity contribution in [2.24, 2.45) is 0 Å². The van der Waals surface area contributed by atoms with E-state index in [9.17, 15) is 10.2 Å². The van der Waals surface area contributed by atoms with E-state index in [4.69, 9.17) is 4.74 Å². The zero-order valence-corrected chi connectivity index (χ0v) is 16.8. The van der Waals surface area contributed by atoms with Crippen molar-refractivity contribution in [2.75, 3.05) is 49.6 Å². The topological polar surface area (TPSA) is 68.2 Å². The Bertz CT molecular complexity index is 767. The van der Waals surface area contributed by atoms with Crippen LogP contribution in [0, 0.1) is 0 Å². The van der Waals surface area contributed by atoms with Crippen LogP contribution in [0.2, 0.25) is 0 Å². The second kappa shape index (κ2) is 9.59. The van der Waals surface area contributed by atoms with Gasteiger partial charge in [0, 0.05) is 57.1 Å². The normalized spacial score (nSPS) is 23.2. The molecule has 156 valence electrons. The lowest BCUT2D eigenvalue weighted by atomic mass is 10.0. The van der Waals surface area contributed by atoms with Crippen LogP contribution >= 0.6 is 0 Å². The van der Waals surface area contributed by atoms with Gasteiger partial charge in [-0.2, -0.15) is 0 Å². The molecule has 0 aliphatic carbocycles. The molecule has 0 aromatic heterocycles. The van der Waals surface area contributed by atoms with E-state index in [-0.39, 0.29) is 0 Å². The molecule has 0 spiro atoms. The Hall–Kier alpha value is -2.12. The summed E-state index contributed by atoms with van der Waals surface area (Å²) in [6.07, 6.45) is -0.404. The fraction of sp³-hybridized carbons (Fsp3) is 0.478. The summed E-state index contributed by atoms with van der Waals surface area (Å²) in [6.45, 7) is 6.24. The molecule has 6 heteroatoms. The summed E-state index contributed by atoms with van der Waals surface area (Å²) < 4.78 is 5.42. The zero-order chi connectivity index (χ0) is 20.1. The largest absolute Gasteiger partial charge is 0.392 e. The van der Waals surface area contributed by atoms with Crippen LogP contribution in [0.4, 0.5) is 11.4 Å². The molecular formula is C23H31N3O3. The lowest BCUT2D eigenvalue weighted by Gasteiger charge is -2.33. The summed E-state index contributed by atoms with van der Waals surface area (Å²) in [7, 11) is 0. The third-order valence-corrected chi connectivity index (χ3v) is 5.62. The average molecular weight is 398 g/mol. The van der Waals surface area contributed by atoms with E-state index < -0.39 is 12.2 Å². The molecular weight excluding hydrogens is 366 g/mol. The molecule has 0 saturated carbocycles. The number of rotatable bonds is 6. The number of likely N-dealkylation sites (tertiary alicyclic amines) is 1. The highest BCUT2D eigenvalue weighted by molar-refractivity contribution is 5.55. The van der Waals surface area contributed by atoms with Crippen molar-refractivity contribution in [1.29, 1.82) is 0 Å². The summed E-state index contributed by atoms with van der Waals surface area (Å²) >= 11 is 0. The molecule has 2 aliphatic rings. The Kier molecular flexibility index (Phi) is 6.67. The first-order valence-electron chi connectivity index (χ1n) is 10.5. The Morgan fingerprint density at radius 3 is 2.34 bits per heavy atom. The highest BCUT2D eigenvalue weighted by atomic mass is 16.5. The van der Waals surface area contributed by atoms with Gasteiger partial charge in [0.1, 0.15) is 0 Å². The summed E-state index contributed by atoms with van der Waals surface area (Å²) in [4.78, 5) is 4.47. The van der Waals surface area contributed by atoms with Gasteiger partial charge in [-0.3, -0.25) is 4.90 Å². The first-order chi connectivity index (χ1) is 14.2. The summed E-state index contributed by atoms with van der Waals surface area (Å²) in [5, 5.41) is 23.2. The lowest BCUT2D eigenvalue weighted by Crippen LogP contribution is -2.45. The van der Waals surface area contributed by atoms with E-state index in [0.717, 1.165) is 45.1 Å². The van der Waals surface area contributed by atoms with E-state index in [1.54, 1.807) is 0 Å². The molecule has 0 amide bonds. The van der Waals surface area contributed by atoms with Gasteiger partial charge in [-0.25, -0.2) is 0 Å². The van der Waals surface area contributed by atoms with Gasteiger partial charge in [0.05, 0.1) is 25.4 Å². The number of aliphatic hydroxyl groups excluding tert-OH is 2. The van der Waals surface area contributed by atoms with Crippen LogP contribution in [0.5, 0.6) is 0 Å². The third-order valence-electron chi connectivity index (χ3n) is 5.62. The SMILES string of the molecule is OC1CC(O)CN(Cc2cccc(CNc3ccc(N4CCOCC4)cc3)c2)C1. The van der Waals surface area contributed by atoms with Crippen LogP contribution < -0.4 is 10.2 Å². The number of piperidine rings is 1. The van der Waals surface area contributed by atoms with Crippen LogP contribution in [0.25, 0.3) is 0 Å². The van der Waals surface area contributed by atoms with E-state index in [2.05, 4.69) is 63.6 Å². The van der Waals surface area contributed by atoms with Gasteiger partial charge in [0.25, 0.3) is 0 Å². The molecule has 2 aromatic rings. The number of β-amino-alcohol motifs (C(OH)–C–C–N with tert-alkyl or cyclic N) is 2. The quantitative estimate of drug-likeness (QED) is 0.693. The average Bonchev–Trinajstić information content (AvgIpc) is 2.73. The third kappa shape index (κ3) is 5.70. The number of aliphatic hydroxyl groups is 2. The first kappa shape index (κ1) is 20.2. The van der Waals surface area contributed by atoms with Crippen LogP contribution in [0.1, 0.15) is 17.5 Å². The maximum Gasteiger partial charge on any atom is 0.0692 e. The van der Waals surface area contributed by atoms with Crippen molar-refractivity contribution in [3.8, 4) is 0 Å². The van der Waals surface area contributed by atoms with Gasteiger partial charge in [-0.05, 0) is 35.4 Å². The maximum atomic E-state index is 9.87. The Morgan fingerprint density at radius 1 is 0.931 bits per heavy atom. The minimum absolute atomic E-state index is 0.441. The van der Waals surface area contributed by atoms with Crippen molar-refractivity contribution < 1.29 is 14.9 Å². The highest BCUT2D eigenvalue weighted by Crippen LogP contribution is 2.20. The van der Waals surface area contributed by atoms with Gasteiger partial charge in [-0.15, -0.1) is 0 Å². The molecule has 2 aliphatic heterocycles. The molecule has 0 radical (unpaired) electrons. The molecule has 2 unspecified atom stereocenters. The van der Waals surface area contributed by atoms with Gasteiger partial charge < -0.3 is 25.2 Å². The zero-order valence-electron chi connectivity index (χ0n) is 16.8. The smallest absolute Gasteiger partial charge is 0.0692 e. The predicted molar refractivity (Wildman–Crippen MR) is 115 cm³/mol. The van der Waals surface area contributed by atoms with E-state index in [1.807, 2.05) is 0 Å². The standard InChI is InChI=1S/C23H31N3O3/c27-22-13-23(28)17-25(16-22)15-19-3-1-2-18(12-19)14-24-20-4-6-21(7-5-20)26-8-10-29-11-9-26/h1-7,12,22-24,27-28H,8-11,13-17H2. The molecule has 2 fully saturated rings. The fourth-order valence-corrected chi connectivity index (χ4v) is 4.17. The van der Waals surface area contributed by atoms with Crippen molar-refractivity contribution in [3.63, 3.8) is 0 Å². The number of anilines is 2. The lowest BCUT2D eigenvalue weighted by molar-refractivity contribution is -0.0110. The summed E-state index contributed by atoms with van der Waals surface area (Å²) in [5.74, 6) is 0. The van der Waals surface area contributed by atoms with Crippen LogP contribution in [-0.2, 0) is 17.8 Å². The second-order valence-corrected chi connectivity index (χ2v) is 8.06. The van der Waals surface area contributed by atoms with Gasteiger partial charge >= 0.3 is 0 Å². The monoisotopic (exact) mass is 397 g/mol. The van der Waals surface area contributed by atoms with Gasteiger partial charge in [0.15, 0.2) is 0 Å². The van der Waals surface area contributed by atoms with E-state index >= 15 is 0 Å². The molecule has 2 saturated heterocycles. The molecule has 6 nitrogen and oxygen atoms in total. The second-order valence-electron chi connectivity index (χ2n) is 8.06. The maximum absolute atomic E-state index is 9.87. The molecule has 3 N–H and O–H groups in total. The Balaban J connectivity index is 1.31. The molecule has 29 heavy (non-hydrogen) atoms. The molecule has 2 heterocycles. The fourth-order valence-electron chi connectivity index (χ4n) is 4.17. The number of nitrogens with one attached hydrogen (secondary N) is 1. The number of nitrogens with zero attached hydrogens (tertiary/aromatic N) is 2. The van der Waals surface area contributed by atoms with E-state index in [0.29, 0.717) is 19.5 Å². The number of hydrogen-bond acceptors (Lipinski definition) is 6. The number of morpholine rings is 1. The van der Waals surface area contributed by atoms with Crippen LogP contribution in [0.3, 0.4) is 0 Å². The Labute approximate surface area is 172 Å². The predicted octanol–water partition coefficient (Wildman–Crippen LogP) is 2.06. The van der Waals surface area contributed by atoms with Crippen molar-refractivity contribution in [1.82, 2.24) is 4.90 Å². The minimum Gasteiger partial charge on any atom is -0.392 e. The van der Waals surface area contributed by atoms with Crippen LogP contribution in [0.15, 0.2) is 48.5 Å². The van der Waals surface area contributed by atoms with Crippen molar-refractivity contribution in [2.45, 2.75) is 31.7 Å². The molecule has 0 bridgehead atoms. The minimum atomic E-state index is -0.441. The summed E-state index contributed by atoms with van der Waals surface area (Å²) in [6, 6.07) is 17.1. The molecule has 2 aromatic carbocycles. The van der Waals surface area contributed by atoms with E-state index in [1.165, 1.54) is 16.8 Å². The number of ether oxygens (including phenoxy) is 1. The number of hydrogen-bond donors (Lipinski definition) is 3. The van der Waals surface area contributed by atoms with Gasteiger partial charge in [0.2, 0.25) is 0 Å². The van der Waals surface area contributed by atoms with Crippen molar-refractivity contribution >= 4 is 11.4 Å². The molecule has 4 rings (SSSR count). The highest BCUT2D eigenvalue weighted by Gasteiger charge is 2.24. The van der Waals surface area contributed by atoms with Crippen LogP contribution in [-0.4, -0.2) is 66.7 Å². The summed E-state index contributed by atoms with van der Waals surface area (Å²) in [5.41, 5.74) is 4.77. The first-order valence-corrected chi connectivity index (χ1v) is 10.5. The van der Waals surface area contributed by atoms with Gasteiger partial charge in [-0.1, -0.05) is 24.3 Å². The Morgan fingerprint density at radius 2 is 1.62 bits per heavy atom. The molecule has 2 atom stereocenters. The van der Waals surface area contributed by atoms with Crippen molar-refractivity contribution in [3.05, 3.63) is 59.7 Å². The number of benzene rings is 2.